The summed E-state index contributed by atoms with van der Waals surface area (Å²) < 4.78 is 5.20. The van der Waals surface area contributed by atoms with Crippen LogP contribution in [-0.2, 0) is 27.3 Å². The Morgan fingerprint density at radius 1 is 1.10 bits per heavy atom. The summed E-state index contributed by atoms with van der Waals surface area (Å²) in [5, 5.41) is 4.98. The van der Waals surface area contributed by atoms with E-state index in [0.717, 1.165) is 6.42 Å². The fourth-order valence-electron chi connectivity index (χ4n) is 3.05. The third kappa shape index (κ3) is 5.71. The Bertz CT molecular complexity index is 883. The number of ether oxygens (including phenoxy) is 1. The van der Waals surface area contributed by atoms with Gasteiger partial charge in [-0.05, 0) is 35.6 Å². The molecule has 3 N–H and O–H groups in total. The van der Waals surface area contributed by atoms with Gasteiger partial charge in [0, 0.05) is 30.8 Å². The second kappa shape index (κ2) is 9.92. The normalized spacial score (nSPS) is 12.7. The zero-order valence-electron chi connectivity index (χ0n) is 16.2. The van der Waals surface area contributed by atoms with Crippen LogP contribution in [0.5, 0.6) is 5.75 Å². The van der Waals surface area contributed by atoms with Gasteiger partial charge in [0.25, 0.3) is 5.91 Å². The summed E-state index contributed by atoms with van der Waals surface area (Å²) in [6.45, 7) is 1.25. The lowest BCUT2D eigenvalue weighted by Gasteiger charge is -2.27. The molecule has 0 aliphatic carbocycles. The lowest BCUT2D eigenvalue weighted by atomic mass is 10.1. The minimum absolute atomic E-state index is 0.0199. The number of fused-ring (bicyclic) bond motifs is 1. The molecule has 1 aliphatic heterocycles. The number of carbonyl (C=O) groups is 3. The highest BCUT2D eigenvalue weighted by Crippen LogP contribution is 2.24. The molecular weight excluding hydrogens is 392 g/mol. The van der Waals surface area contributed by atoms with Gasteiger partial charge in [-0.3, -0.25) is 25.2 Å². The Morgan fingerprint density at radius 3 is 2.72 bits per heavy atom. The molecule has 9 heteroatoms. The molecule has 2 aromatic rings. The van der Waals surface area contributed by atoms with Crippen molar-refractivity contribution in [2.75, 3.05) is 25.5 Å². The molecule has 2 heterocycles. The number of hydrogen-bond donors (Lipinski definition) is 3. The lowest BCUT2D eigenvalue weighted by molar-refractivity contribution is -0.134. The number of amides is 3. The number of carbonyl (C=O) groups excluding carboxylic acids is 3. The number of nitrogens with one attached hydrogen (secondary N) is 3. The van der Waals surface area contributed by atoms with E-state index >= 15 is 0 Å². The molecule has 1 aromatic carbocycles. The van der Waals surface area contributed by atoms with E-state index in [-0.39, 0.29) is 25.3 Å². The van der Waals surface area contributed by atoms with Crippen molar-refractivity contribution in [3.8, 4) is 5.75 Å². The Kier molecular flexibility index (Phi) is 7.07. The third-order valence-electron chi connectivity index (χ3n) is 4.61. The lowest BCUT2D eigenvalue weighted by Crippen LogP contribution is -2.44. The molecule has 0 unspecified atom stereocenters. The van der Waals surface area contributed by atoms with Crippen LogP contribution < -0.4 is 20.9 Å². The van der Waals surface area contributed by atoms with Gasteiger partial charge in [0.1, 0.15) is 5.75 Å². The van der Waals surface area contributed by atoms with Crippen molar-refractivity contribution in [2.45, 2.75) is 25.8 Å². The SMILES string of the molecule is COc1ccccc1NCC(=O)NNC(=O)CCC(=O)N1CCc2sccc2C1. The van der Waals surface area contributed by atoms with Crippen LogP contribution in [-0.4, -0.2) is 42.8 Å². The van der Waals surface area contributed by atoms with Crippen LogP contribution in [0, 0.1) is 0 Å². The van der Waals surface area contributed by atoms with Gasteiger partial charge in [0.15, 0.2) is 0 Å². The minimum Gasteiger partial charge on any atom is -0.495 e. The molecule has 29 heavy (non-hydrogen) atoms. The third-order valence-corrected chi connectivity index (χ3v) is 5.64. The van der Waals surface area contributed by atoms with E-state index in [1.165, 1.54) is 10.4 Å². The number of anilines is 1. The monoisotopic (exact) mass is 416 g/mol. The Hall–Kier alpha value is -3.07. The number of thiophene rings is 1. The maximum atomic E-state index is 12.3. The average molecular weight is 417 g/mol. The predicted molar refractivity (Wildman–Crippen MR) is 110 cm³/mol. The van der Waals surface area contributed by atoms with E-state index in [1.54, 1.807) is 35.5 Å². The number of nitrogens with zero attached hydrogens (tertiary/aromatic N) is 1. The van der Waals surface area contributed by atoms with Gasteiger partial charge in [-0.2, -0.15) is 0 Å². The molecule has 3 rings (SSSR count). The van der Waals surface area contributed by atoms with Gasteiger partial charge in [-0.1, -0.05) is 12.1 Å². The van der Waals surface area contributed by atoms with Crippen LogP contribution >= 0.6 is 11.3 Å². The first kappa shape index (κ1) is 20.7. The summed E-state index contributed by atoms with van der Waals surface area (Å²) in [4.78, 5) is 39.3. The maximum absolute atomic E-state index is 12.3. The number of hydrogen-bond acceptors (Lipinski definition) is 6. The molecule has 0 atom stereocenters. The summed E-state index contributed by atoms with van der Waals surface area (Å²) in [6.07, 6.45) is 0.993. The number of methoxy groups -OCH3 is 1. The first-order valence-corrected chi connectivity index (χ1v) is 10.2. The van der Waals surface area contributed by atoms with E-state index in [9.17, 15) is 14.4 Å². The van der Waals surface area contributed by atoms with Crippen LogP contribution in [0.15, 0.2) is 35.7 Å². The fraction of sp³-hybridized carbons (Fsp3) is 0.350. The van der Waals surface area contributed by atoms with E-state index in [1.807, 2.05) is 23.6 Å². The predicted octanol–water partition coefficient (Wildman–Crippen LogP) is 1.68. The molecule has 0 saturated carbocycles. The van der Waals surface area contributed by atoms with E-state index in [4.69, 9.17) is 4.74 Å². The highest BCUT2D eigenvalue weighted by molar-refractivity contribution is 7.10. The summed E-state index contributed by atoms with van der Waals surface area (Å²) in [7, 11) is 1.55. The number of hydrazine groups is 1. The maximum Gasteiger partial charge on any atom is 0.257 e. The van der Waals surface area contributed by atoms with Gasteiger partial charge < -0.3 is 15.0 Å². The summed E-state index contributed by atoms with van der Waals surface area (Å²) in [5.41, 5.74) is 6.54. The first-order chi connectivity index (χ1) is 14.1. The van der Waals surface area contributed by atoms with Crippen LogP contribution in [0.1, 0.15) is 23.3 Å². The largest absolute Gasteiger partial charge is 0.495 e. The number of benzene rings is 1. The molecular formula is C20H24N4O4S. The van der Waals surface area contributed by atoms with Crippen molar-refractivity contribution in [2.24, 2.45) is 0 Å². The highest BCUT2D eigenvalue weighted by Gasteiger charge is 2.21. The molecule has 0 bridgehead atoms. The van der Waals surface area contributed by atoms with Crippen molar-refractivity contribution in [1.82, 2.24) is 15.8 Å². The second-order valence-electron chi connectivity index (χ2n) is 6.58. The van der Waals surface area contributed by atoms with E-state index in [2.05, 4.69) is 16.2 Å². The highest BCUT2D eigenvalue weighted by atomic mass is 32.1. The topological polar surface area (TPSA) is 99.8 Å². The number of para-hydroxylation sites is 2. The van der Waals surface area contributed by atoms with Crippen molar-refractivity contribution >= 4 is 34.7 Å². The van der Waals surface area contributed by atoms with Crippen LogP contribution in [0.25, 0.3) is 0 Å². The molecule has 3 amide bonds. The Balaban J connectivity index is 1.34. The van der Waals surface area contributed by atoms with Crippen molar-refractivity contribution in [1.29, 1.82) is 0 Å². The molecule has 8 nitrogen and oxygen atoms in total. The number of rotatable bonds is 7. The van der Waals surface area contributed by atoms with Crippen LogP contribution in [0.3, 0.4) is 0 Å². The van der Waals surface area contributed by atoms with Gasteiger partial charge in [-0.25, -0.2) is 0 Å². The molecule has 0 fully saturated rings. The van der Waals surface area contributed by atoms with E-state index in [0.29, 0.717) is 24.5 Å². The van der Waals surface area contributed by atoms with Crippen molar-refractivity contribution < 1.29 is 19.1 Å². The van der Waals surface area contributed by atoms with Gasteiger partial charge >= 0.3 is 0 Å². The fourth-order valence-corrected chi connectivity index (χ4v) is 3.94. The molecule has 0 saturated heterocycles. The zero-order valence-corrected chi connectivity index (χ0v) is 17.0. The van der Waals surface area contributed by atoms with Crippen LogP contribution in [0.2, 0.25) is 0 Å². The Labute approximate surface area is 173 Å². The molecule has 0 spiro atoms. The van der Waals surface area contributed by atoms with Gasteiger partial charge in [0.2, 0.25) is 11.8 Å². The second-order valence-corrected chi connectivity index (χ2v) is 7.59. The molecule has 154 valence electrons. The first-order valence-electron chi connectivity index (χ1n) is 9.34. The van der Waals surface area contributed by atoms with Crippen LogP contribution in [0.4, 0.5) is 5.69 Å². The standard InChI is InChI=1S/C20H24N4O4S/c1-28-16-5-3-2-4-15(16)21-12-19(26)23-22-18(25)6-7-20(27)24-10-8-17-14(13-24)9-11-29-17/h2-5,9,11,21H,6-8,10,12-13H2,1H3,(H,22,25)(H,23,26). The average Bonchev–Trinajstić information content (AvgIpc) is 3.22. The minimum atomic E-state index is -0.406. The molecule has 1 aromatic heterocycles. The van der Waals surface area contributed by atoms with E-state index < -0.39 is 11.8 Å². The van der Waals surface area contributed by atoms with Gasteiger partial charge in [0.05, 0.1) is 19.3 Å². The molecule has 1 aliphatic rings. The van der Waals surface area contributed by atoms with Crippen molar-refractivity contribution in [3.05, 3.63) is 46.2 Å². The van der Waals surface area contributed by atoms with Gasteiger partial charge in [-0.15, -0.1) is 11.3 Å². The summed E-state index contributed by atoms with van der Waals surface area (Å²) >= 11 is 1.72. The smallest absolute Gasteiger partial charge is 0.257 e. The zero-order chi connectivity index (χ0) is 20.6. The summed E-state index contributed by atoms with van der Waals surface area (Å²) in [5.74, 6) is -0.245. The quantitative estimate of drug-likeness (QED) is 0.597. The summed E-state index contributed by atoms with van der Waals surface area (Å²) in [6, 6.07) is 9.26. The molecule has 0 radical (unpaired) electrons. The van der Waals surface area contributed by atoms with Crippen molar-refractivity contribution in [3.63, 3.8) is 0 Å². The Morgan fingerprint density at radius 2 is 1.90 bits per heavy atom.